The first-order valence-electron chi connectivity index (χ1n) is 11.6. The van der Waals surface area contributed by atoms with E-state index in [0.29, 0.717) is 23.9 Å². The molecule has 1 atom stereocenters. The van der Waals surface area contributed by atoms with Crippen LogP contribution in [0, 0.1) is 13.8 Å². The molecule has 0 aliphatic rings. The van der Waals surface area contributed by atoms with E-state index in [2.05, 4.69) is 36.4 Å². The number of nitrogens with zero attached hydrogens (tertiary/aromatic N) is 2. The number of anilines is 1. The van der Waals surface area contributed by atoms with E-state index in [4.69, 9.17) is 9.15 Å². The highest BCUT2D eigenvalue weighted by Gasteiger charge is 2.13. The Morgan fingerprint density at radius 3 is 2.59 bits per heavy atom. The second-order valence-corrected chi connectivity index (χ2v) is 8.67. The van der Waals surface area contributed by atoms with E-state index < -0.39 is 0 Å². The number of furan rings is 1. The first kappa shape index (κ1) is 23.4. The van der Waals surface area contributed by atoms with Gasteiger partial charge in [-0.05, 0) is 79.8 Å². The van der Waals surface area contributed by atoms with Gasteiger partial charge in [0.15, 0.2) is 5.76 Å². The van der Waals surface area contributed by atoms with Crippen molar-refractivity contribution < 1.29 is 13.9 Å². The number of rotatable bonds is 9. The third kappa shape index (κ3) is 5.76. The molecule has 0 aliphatic heterocycles. The van der Waals surface area contributed by atoms with Crippen LogP contribution in [0.2, 0.25) is 0 Å². The summed E-state index contributed by atoms with van der Waals surface area (Å²) in [5, 5.41) is 7.41. The highest BCUT2D eigenvalue weighted by atomic mass is 16.5. The van der Waals surface area contributed by atoms with Gasteiger partial charge in [0.2, 0.25) is 0 Å². The minimum Gasteiger partial charge on any atom is -0.486 e. The Kier molecular flexibility index (Phi) is 7.16. The summed E-state index contributed by atoms with van der Waals surface area (Å²) < 4.78 is 13.5. The maximum atomic E-state index is 12.7. The van der Waals surface area contributed by atoms with Crippen LogP contribution in [0.1, 0.15) is 65.0 Å². The summed E-state index contributed by atoms with van der Waals surface area (Å²) in [6.07, 6.45) is 1.10. The molecule has 2 aromatic carbocycles. The smallest absolute Gasteiger partial charge is 0.291 e. The Morgan fingerprint density at radius 2 is 1.88 bits per heavy atom. The molecule has 1 amide bonds. The molecular weight excluding hydrogens is 426 g/mol. The topological polar surface area (TPSA) is 69.3 Å². The Bertz CT molecular complexity index is 1250. The fourth-order valence-corrected chi connectivity index (χ4v) is 3.81. The quantitative estimate of drug-likeness (QED) is 0.312. The van der Waals surface area contributed by atoms with Crippen LogP contribution in [0.5, 0.6) is 5.75 Å². The Morgan fingerprint density at radius 1 is 1.09 bits per heavy atom. The molecule has 1 N–H and O–H groups in total. The number of aromatic nitrogens is 2. The molecule has 2 aromatic heterocycles. The summed E-state index contributed by atoms with van der Waals surface area (Å²) in [7, 11) is 0. The van der Waals surface area contributed by atoms with Crippen molar-refractivity contribution in [2.24, 2.45) is 0 Å². The lowest BCUT2D eigenvalue weighted by molar-refractivity contribution is 0.0992. The van der Waals surface area contributed by atoms with Crippen molar-refractivity contribution in [2.75, 3.05) is 5.32 Å². The highest BCUT2D eigenvalue weighted by molar-refractivity contribution is 6.02. The maximum Gasteiger partial charge on any atom is 0.291 e. The predicted molar refractivity (Wildman–Crippen MR) is 133 cm³/mol. The van der Waals surface area contributed by atoms with Crippen LogP contribution in [0.25, 0.3) is 0 Å². The highest BCUT2D eigenvalue weighted by Crippen LogP contribution is 2.22. The van der Waals surface area contributed by atoms with Crippen LogP contribution >= 0.6 is 0 Å². The average Bonchev–Trinajstić information content (AvgIpc) is 3.43. The molecule has 6 heteroatoms. The predicted octanol–water partition coefficient (Wildman–Crippen LogP) is 6.49. The van der Waals surface area contributed by atoms with Crippen LogP contribution < -0.4 is 10.1 Å². The van der Waals surface area contributed by atoms with Crippen molar-refractivity contribution in [1.82, 2.24) is 9.78 Å². The molecule has 0 spiro atoms. The number of carbonyl (C=O) groups excluding carboxylic acids is 1. The van der Waals surface area contributed by atoms with E-state index in [1.54, 1.807) is 12.1 Å². The van der Waals surface area contributed by atoms with E-state index in [9.17, 15) is 4.79 Å². The zero-order valence-electron chi connectivity index (χ0n) is 20.2. The van der Waals surface area contributed by atoms with Crippen LogP contribution in [-0.2, 0) is 13.2 Å². The Balaban J connectivity index is 1.34. The van der Waals surface area contributed by atoms with Gasteiger partial charge >= 0.3 is 0 Å². The average molecular weight is 458 g/mol. The lowest BCUT2D eigenvalue weighted by Crippen LogP contribution is -2.11. The van der Waals surface area contributed by atoms with E-state index in [1.165, 1.54) is 5.56 Å². The van der Waals surface area contributed by atoms with Crippen LogP contribution in [-0.4, -0.2) is 15.7 Å². The summed E-state index contributed by atoms with van der Waals surface area (Å²) in [6, 6.07) is 21.3. The molecule has 0 fully saturated rings. The zero-order chi connectivity index (χ0) is 24.1. The third-order valence-corrected chi connectivity index (χ3v) is 5.95. The minimum atomic E-state index is -0.299. The van der Waals surface area contributed by atoms with E-state index >= 15 is 0 Å². The van der Waals surface area contributed by atoms with Crippen LogP contribution in [0.3, 0.4) is 0 Å². The summed E-state index contributed by atoms with van der Waals surface area (Å²) in [5.41, 5.74) is 5.15. The number of hydrogen-bond acceptors (Lipinski definition) is 4. The van der Waals surface area contributed by atoms with Gasteiger partial charge in [-0.25, -0.2) is 0 Å². The van der Waals surface area contributed by atoms with Gasteiger partial charge in [0.05, 0.1) is 12.2 Å². The van der Waals surface area contributed by atoms with E-state index in [1.807, 2.05) is 61.0 Å². The van der Waals surface area contributed by atoms with Gasteiger partial charge in [-0.3, -0.25) is 9.48 Å². The molecule has 0 saturated heterocycles. The van der Waals surface area contributed by atoms with Crippen molar-refractivity contribution in [3.63, 3.8) is 0 Å². The van der Waals surface area contributed by atoms with Gasteiger partial charge in [0.1, 0.15) is 18.1 Å². The lowest BCUT2D eigenvalue weighted by Gasteiger charge is -2.10. The number of benzene rings is 2. The molecule has 4 rings (SSSR count). The number of amides is 1. The van der Waals surface area contributed by atoms with Crippen molar-refractivity contribution in [2.45, 2.75) is 53.2 Å². The monoisotopic (exact) mass is 457 g/mol. The zero-order valence-corrected chi connectivity index (χ0v) is 20.2. The SMILES string of the molecule is CCC(C)c1ccc(OCc2ccc(C(=O)Nc3cccc(Cn4nc(C)cc4C)c3)o2)cc1. The largest absolute Gasteiger partial charge is 0.486 e. The first-order valence-corrected chi connectivity index (χ1v) is 11.6. The van der Waals surface area contributed by atoms with Crippen molar-refractivity contribution >= 4 is 11.6 Å². The molecule has 0 radical (unpaired) electrons. The van der Waals surface area contributed by atoms with Gasteiger partial charge in [-0.2, -0.15) is 5.10 Å². The van der Waals surface area contributed by atoms with Gasteiger partial charge < -0.3 is 14.5 Å². The molecule has 176 valence electrons. The van der Waals surface area contributed by atoms with E-state index in [0.717, 1.165) is 29.1 Å². The van der Waals surface area contributed by atoms with Crippen molar-refractivity contribution in [1.29, 1.82) is 0 Å². The Hall–Kier alpha value is -3.80. The van der Waals surface area contributed by atoms with E-state index in [-0.39, 0.29) is 18.3 Å². The van der Waals surface area contributed by atoms with Crippen LogP contribution in [0.15, 0.2) is 71.1 Å². The molecule has 1 unspecified atom stereocenters. The molecule has 0 saturated carbocycles. The molecule has 6 nitrogen and oxygen atoms in total. The summed E-state index contributed by atoms with van der Waals surface area (Å²) in [5.74, 6) is 1.84. The number of aryl methyl sites for hydroxylation is 2. The molecular formula is C28H31N3O3. The number of hydrogen-bond donors (Lipinski definition) is 1. The molecule has 34 heavy (non-hydrogen) atoms. The summed E-state index contributed by atoms with van der Waals surface area (Å²) in [4.78, 5) is 12.7. The van der Waals surface area contributed by atoms with Crippen LogP contribution in [0.4, 0.5) is 5.69 Å². The van der Waals surface area contributed by atoms with Gasteiger partial charge in [0, 0.05) is 11.4 Å². The summed E-state index contributed by atoms with van der Waals surface area (Å²) in [6.45, 7) is 9.30. The van der Waals surface area contributed by atoms with Crippen molar-refractivity contribution in [3.05, 3.63) is 101 Å². The maximum absolute atomic E-state index is 12.7. The number of carbonyl (C=O) groups is 1. The second-order valence-electron chi connectivity index (χ2n) is 8.67. The summed E-state index contributed by atoms with van der Waals surface area (Å²) >= 11 is 0. The van der Waals surface area contributed by atoms with Crippen molar-refractivity contribution in [3.8, 4) is 5.75 Å². The normalized spacial score (nSPS) is 11.9. The number of ether oxygens (including phenoxy) is 1. The van der Waals surface area contributed by atoms with Gasteiger partial charge in [0.25, 0.3) is 5.91 Å². The first-order chi connectivity index (χ1) is 16.4. The Labute approximate surface area is 200 Å². The van der Waals surface area contributed by atoms with Gasteiger partial charge in [-0.15, -0.1) is 0 Å². The fourth-order valence-electron chi connectivity index (χ4n) is 3.81. The van der Waals surface area contributed by atoms with Gasteiger partial charge in [-0.1, -0.05) is 38.1 Å². The second kappa shape index (κ2) is 10.4. The molecule has 0 bridgehead atoms. The standard InChI is InChI=1S/C28H31N3O3/c1-5-19(2)23-9-11-25(12-10-23)33-18-26-13-14-27(34-26)28(32)29-24-8-6-7-22(16-24)17-31-21(4)15-20(3)30-31/h6-16,19H,5,17-18H2,1-4H3,(H,29,32). The lowest BCUT2D eigenvalue weighted by atomic mass is 9.99. The third-order valence-electron chi connectivity index (χ3n) is 5.95. The minimum absolute atomic E-state index is 0.245. The fraction of sp³-hybridized carbons (Fsp3) is 0.286. The molecule has 0 aliphatic carbocycles. The molecule has 4 aromatic rings. The molecule has 2 heterocycles. The number of nitrogens with one attached hydrogen (secondary N) is 1.